The SMILES string of the molecule is C[C@H](C(=O)Nc1cccc(C#N)c1)n1nnc(-c2ccc(Br)cc2)n1. The van der Waals surface area contributed by atoms with Crippen LogP contribution >= 0.6 is 15.9 Å². The topological polar surface area (TPSA) is 96.5 Å². The molecule has 0 radical (unpaired) electrons. The number of amides is 1. The van der Waals surface area contributed by atoms with Crippen LogP contribution in [0.15, 0.2) is 53.0 Å². The van der Waals surface area contributed by atoms with E-state index < -0.39 is 6.04 Å². The Bertz CT molecular complexity index is 944. The van der Waals surface area contributed by atoms with Gasteiger partial charge in [-0.05, 0) is 54.6 Å². The van der Waals surface area contributed by atoms with Crippen LogP contribution in [0.1, 0.15) is 18.5 Å². The molecule has 0 fully saturated rings. The van der Waals surface area contributed by atoms with Crippen LogP contribution in [-0.2, 0) is 4.79 Å². The predicted molar refractivity (Wildman–Crippen MR) is 95.5 cm³/mol. The number of carbonyl (C=O) groups excluding carboxylic acids is 1. The zero-order chi connectivity index (χ0) is 17.8. The molecule has 1 amide bonds. The molecule has 2 aromatic carbocycles. The lowest BCUT2D eigenvalue weighted by molar-refractivity contribution is -0.119. The number of nitriles is 1. The highest BCUT2D eigenvalue weighted by Crippen LogP contribution is 2.18. The minimum atomic E-state index is -0.651. The Kier molecular flexibility index (Phi) is 4.86. The fraction of sp³-hybridized carbons (Fsp3) is 0.118. The quantitative estimate of drug-likeness (QED) is 0.730. The number of tetrazole rings is 1. The third-order valence-electron chi connectivity index (χ3n) is 3.52. The number of hydrogen-bond donors (Lipinski definition) is 1. The van der Waals surface area contributed by atoms with Crippen molar-refractivity contribution in [2.45, 2.75) is 13.0 Å². The van der Waals surface area contributed by atoms with Gasteiger partial charge in [-0.2, -0.15) is 10.1 Å². The minimum Gasteiger partial charge on any atom is -0.324 e. The summed E-state index contributed by atoms with van der Waals surface area (Å²) in [6.07, 6.45) is 0. The van der Waals surface area contributed by atoms with Gasteiger partial charge in [0, 0.05) is 15.7 Å². The smallest absolute Gasteiger partial charge is 0.250 e. The Balaban J connectivity index is 1.74. The van der Waals surface area contributed by atoms with Gasteiger partial charge in [0.25, 0.3) is 5.91 Å². The van der Waals surface area contributed by atoms with E-state index in [2.05, 4.69) is 36.7 Å². The van der Waals surface area contributed by atoms with Gasteiger partial charge in [-0.15, -0.1) is 10.2 Å². The van der Waals surface area contributed by atoms with Crippen molar-refractivity contribution in [3.63, 3.8) is 0 Å². The average molecular weight is 397 g/mol. The van der Waals surface area contributed by atoms with E-state index in [9.17, 15) is 4.79 Å². The molecule has 0 bridgehead atoms. The molecule has 1 heterocycles. The molecule has 0 spiro atoms. The highest BCUT2D eigenvalue weighted by atomic mass is 79.9. The first-order chi connectivity index (χ1) is 12.1. The third kappa shape index (κ3) is 3.89. The molecule has 1 atom stereocenters. The van der Waals surface area contributed by atoms with Gasteiger partial charge in [0.15, 0.2) is 0 Å². The molecular weight excluding hydrogens is 384 g/mol. The number of hydrogen-bond acceptors (Lipinski definition) is 5. The molecule has 1 aromatic heterocycles. The zero-order valence-electron chi connectivity index (χ0n) is 13.2. The van der Waals surface area contributed by atoms with Gasteiger partial charge in [-0.3, -0.25) is 4.79 Å². The standard InChI is InChI=1S/C17H13BrN6O/c1-11(17(25)20-15-4-2-3-12(9-15)10-19)24-22-16(21-23-24)13-5-7-14(18)8-6-13/h2-9,11H,1H3,(H,20,25)/t11-/m1/s1. The van der Waals surface area contributed by atoms with Crippen molar-refractivity contribution in [2.75, 3.05) is 5.32 Å². The number of rotatable bonds is 4. The highest BCUT2D eigenvalue weighted by molar-refractivity contribution is 9.10. The van der Waals surface area contributed by atoms with E-state index in [0.717, 1.165) is 10.0 Å². The summed E-state index contributed by atoms with van der Waals surface area (Å²) in [4.78, 5) is 13.6. The van der Waals surface area contributed by atoms with E-state index in [1.807, 2.05) is 30.3 Å². The van der Waals surface area contributed by atoms with Crippen molar-refractivity contribution in [1.82, 2.24) is 20.2 Å². The largest absolute Gasteiger partial charge is 0.324 e. The van der Waals surface area contributed by atoms with E-state index >= 15 is 0 Å². The summed E-state index contributed by atoms with van der Waals surface area (Å²) in [5, 5.41) is 23.9. The van der Waals surface area contributed by atoms with E-state index in [-0.39, 0.29) is 5.91 Å². The minimum absolute atomic E-state index is 0.296. The van der Waals surface area contributed by atoms with E-state index in [4.69, 9.17) is 5.26 Å². The molecule has 0 unspecified atom stereocenters. The molecule has 7 nitrogen and oxygen atoms in total. The summed E-state index contributed by atoms with van der Waals surface area (Å²) < 4.78 is 0.955. The fourth-order valence-electron chi connectivity index (χ4n) is 2.12. The predicted octanol–water partition coefficient (Wildman–Crippen LogP) is 3.17. The van der Waals surface area contributed by atoms with Crippen LogP contribution in [0.4, 0.5) is 5.69 Å². The second kappa shape index (κ2) is 7.23. The maximum atomic E-state index is 12.4. The Morgan fingerprint density at radius 3 is 2.76 bits per heavy atom. The van der Waals surface area contributed by atoms with Crippen LogP contribution in [0.3, 0.4) is 0 Å². The van der Waals surface area contributed by atoms with Gasteiger partial charge in [-0.1, -0.05) is 22.0 Å². The molecule has 124 valence electrons. The first-order valence-electron chi connectivity index (χ1n) is 7.43. The van der Waals surface area contributed by atoms with Gasteiger partial charge in [0.2, 0.25) is 5.82 Å². The molecule has 25 heavy (non-hydrogen) atoms. The monoisotopic (exact) mass is 396 g/mol. The van der Waals surface area contributed by atoms with Crippen molar-refractivity contribution < 1.29 is 4.79 Å². The van der Waals surface area contributed by atoms with Crippen LogP contribution in [-0.4, -0.2) is 26.1 Å². The molecule has 3 aromatic rings. The number of aromatic nitrogens is 4. The number of nitrogens with one attached hydrogen (secondary N) is 1. The van der Waals surface area contributed by atoms with Crippen molar-refractivity contribution in [3.8, 4) is 17.5 Å². The van der Waals surface area contributed by atoms with Crippen LogP contribution in [0.25, 0.3) is 11.4 Å². The first kappa shape index (κ1) is 16.8. The first-order valence-corrected chi connectivity index (χ1v) is 8.22. The molecule has 0 saturated heterocycles. The van der Waals surface area contributed by atoms with Crippen molar-refractivity contribution in [3.05, 3.63) is 58.6 Å². The van der Waals surface area contributed by atoms with Gasteiger partial charge < -0.3 is 5.32 Å². The summed E-state index contributed by atoms with van der Waals surface area (Å²) in [5.74, 6) is 0.147. The Morgan fingerprint density at radius 2 is 2.04 bits per heavy atom. The van der Waals surface area contributed by atoms with Gasteiger partial charge in [0.1, 0.15) is 6.04 Å². The van der Waals surface area contributed by atoms with Crippen LogP contribution in [0, 0.1) is 11.3 Å². The maximum Gasteiger partial charge on any atom is 0.250 e. The second-order valence-electron chi connectivity index (χ2n) is 5.30. The Morgan fingerprint density at radius 1 is 1.28 bits per heavy atom. The van der Waals surface area contributed by atoms with E-state index in [1.54, 1.807) is 31.2 Å². The number of carbonyl (C=O) groups is 1. The van der Waals surface area contributed by atoms with Crippen LogP contribution in [0.2, 0.25) is 0 Å². The summed E-state index contributed by atoms with van der Waals surface area (Å²) >= 11 is 3.37. The summed E-state index contributed by atoms with van der Waals surface area (Å²) in [5.41, 5.74) is 1.83. The second-order valence-corrected chi connectivity index (χ2v) is 6.21. The molecule has 0 aliphatic heterocycles. The molecule has 8 heteroatoms. The average Bonchev–Trinajstić information content (AvgIpc) is 3.12. The van der Waals surface area contributed by atoms with Gasteiger partial charge in [0.05, 0.1) is 11.6 Å². The highest BCUT2D eigenvalue weighted by Gasteiger charge is 2.19. The lowest BCUT2D eigenvalue weighted by Gasteiger charge is -2.10. The zero-order valence-corrected chi connectivity index (χ0v) is 14.8. The van der Waals surface area contributed by atoms with Gasteiger partial charge in [-0.25, -0.2) is 0 Å². The lowest BCUT2D eigenvalue weighted by Crippen LogP contribution is -2.25. The molecule has 0 aliphatic carbocycles. The number of anilines is 1. The van der Waals surface area contributed by atoms with Gasteiger partial charge >= 0.3 is 0 Å². The van der Waals surface area contributed by atoms with Crippen LogP contribution in [0.5, 0.6) is 0 Å². The summed E-state index contributed by atoms with van der Waals surface area (Å²) in [6, 6.07) is 15.6. The molecule has 1 N–H and O–H groups in total. The third-order valence-corrected chi connectivity index (χ3v) is 4.04. The summed E-state index contributed by atoms with van der Waals surface area (Å²) in [6.45, 7) is 1.68. The van der Waals surface area contributed by atoms with E-state index in [0.29, 0.717) is 17.1 Å². The lowest BCUT2D eigenvalue weighted by atomic mass is 10.2. The number of nitrogens with zero attached hydrogens (tertiary/aromatic N) is 5. The summed E-state index contributed by atoms with van der Waals surface area (Å²) in [7, 11) is 0. The number of halogens is 1. The Labute approximate surface area is 152 Å². The number of benzene rings is 2. The Hall–Kier alpha value is -3.05. The van der Waals surface area contributed by atoms with Crippen molar-refractivity contribution in [1.29, 1.82) is 5.26 Å². The van der Waals surface area contributed by atoms with E-state index in [1.165, 1.54) is 4.80 Å². The molecule has 0 aliphatic rings. The molecule has 3 rings (SSSR count). The molecule has 0 saturated carbocycles. The van der Waals surface area contributed by atoms with Crippen molar-refractivity contribution in [2.24, 2.45) is 0 Å². The maximum absolute atomic E-state index is 12.4. The molecular formula is C17H13BrN6O. The normalized spacial score (nSPS) is 11.6. The van der Waals surface area contributed by atoms with Crippen molar-refractivity contribution >= 4 is 27.5 Å². The van der Waals surface area contributed by atoms with Crippen LogP contribution < -0.4 is 5.32 Å². The fourth-order valence-corrected chi connectivity index (χ4v) is 2.39.